The van der Waals surface area contributed by atoms with E-state index in [2.05, 4.69) is 37.1 Å². The molecule has 1 aromatic carbocycles. The summed E-state index contributed by atoms with van der Waals surface area (Å²) < 4.78 is 20.3. The van der Waals surface area contributed by atoms with E-state index < -0.39 is 0 Å². The van der Waals surface area contributed by atoms with Gasteiger partial charge in [-0.15, -0.1) is 0 Å². The molecule has 2 fully saturated rings. The summed E-state index contributed by atoms with van der Waals surface area (Å²) in [7, 11) is 1.63. The largest absolute Gasteiger partial charge is 0.481 e. The van der Waals surface area contributed by atoms with Crippen LogP contribution in [0.2, 0.25) is 0 Å². The predicted molar refractivity (Wildman–Crippen MR) is 132 cm³/mol. The minimum Gasteiger partial charge on any atom is -0.481 e. The van der Waals surface area contributed by atoms with Crippen LogP contribution in [0.4, 0.5) is 4.39 Å². The molecule has 1 N–H and O–H groups in total. The maximum atomic E-state index is 14.8. The quantitative estimate of drug-likeness (QED) is 0.576. The Kier molecular flexibility index (Phi) is 7.56. The Bertz CT molecular complexity index is 997. The number of hydrogen-bond acceptors (Lipinski definition) is 4. The van der Waals surface area contributed by atoms with Crippen LogP contribution in [0.3, 0.4) is 0 Å². The number of ether oxygens (including phenoxy) is 1. The number of halogens is 1. The van der Waals surface area contributed by atoms with Gasteiger partial charge in [-0.25, -0.2) is 9.37 Å². The molecule has 2 atom stereocenters. The fourth-order valence-corrected chi connectivity index (χ4v) is 5.38. The molecule has 34 heavy (non-hydrogen) atoms. The van der Waals surface area contributed by atoms with Gasteiger partial charge in [0.15, 0.2) is 0 Å². The van der Waals surface area contributed by atoms with Crippen molar-refractivity contribution < 1.29 is 13.9 Å². The van der Waals surface area contributed by atoms with Gasteiger partial charge in [0.05, 0.1) is 19.3 Å². The Morgan fingerprint density at radius 3 is 2.56 bits per heavy atom. The van der Waals surface area contributed by atoms with Crippen molar-refractivity contribution in [2.75, 3.05) is 7.11 Å². The summed E-state index contributed by atoms with van der Waals surface area (Å²) in [5.74, 6) is 0.551. The third-order valence-electron chi connectivity index (χ3n) is 7.37. The fourth-order valence-electron chi connectivity index (χ4n) is 5.38. The first-order valence-electron chi connectivity index (χ1n) is 12.6. The number of benzene rings is 1. The zero-order valence-corrected chi connectivity index (χ0v) is 20.9. The van der Waals surface area contributed by atoms with Crippen molar-refractivity contribution >= 4 is 5.91 Å². The molecule has 1 saturated heterocycles. The number of nitrogens with zero attached hydrogens (tertiary/aromatic N) is 2. The van der Waals surface area contributed by atoms with Gasteiger partial charge in [-0.2, -0.15) is 0 Å². The van der Waals surface area contributed by atoms with Gasteiger partial charge in [-0.3, -0.25) is 10.1 Å². The normalized spacial score (nSPS) is 21.6. The molecule has 2 aromatic rings. The number of carbonyl (C=O) groups is 1. The van der Waals surface area contributed by atoms with Crippen LogP contribution < -0.4 is 10.1 Å². The molecule has 1 aliphatic carbocycles. The summed E-state index contributed by atoms with van der Waals surface area (Å²) in [6.45, 7) is 7.01. The first-order chi connectivity index (χ1) is 16.3. The van der Waals surface area contributed by atoms with Gasteiger partial charge in [0.25, 0.3) is 0 Å². The van der Waals surface area contributed by atoms with E-state index in [-0.39, 0.29) is 35.3 Å². The van der Waals surface area contributed by atoms with Crippen LogP contribution in [-0.2, 0) is 16.8 Å². The molecular weight excluding hydrogens is 429 g/mol. The van der Waals surface area contributed by atoms with Gasteiger partial charge in [-0.1, -0.05) is 58.2 Å². The van der Waals surface area contributed by atoms with E-state index in [9.17, 15) is 9.18 Å². The van der Waals surface area contributed by atoms with Crippen molar-refractivity contribution in [3.8, 4) is 5.88 Å². The van der Waals surface area contributed by atoms with Gasteiger partial charge >= 0.3 is 0 Å². The number of carbonyl (C=O) groups excluding carboxylic acids is 1. The highest BCUT2D eigenvalue weighted by Gasteiger charge is 2.41. The molecule has 1 amide bonds. The van der Waals surface area contributed by atoms with Gasteiger partial charge in [-0.05, 0) is 48.8 Å². The number of rotatable bonds is 6. The van der Waals surface area contributed by atoms with Crippen LogP contribution >= 0.6 is 0 Å². The zero-order valence-electron chi connectivity index (χ0n) is 20.9. The SMILES string of the molecule is COc1ncc(C(C)(C)C)cc1CNC1CCC(c2ccccc2F)N1C(=O)C1CCCCC1. The number of aromatic nitrogens is 1. The summed E-state index contributed by atoms with van der Waals surface area (Å²) in [6.07, 6.45) is 8.48. The van der Waals surface area contributed by atoms with E-state index in [0.29, 0.717) is 18.0 Å². The Labute approximate surface area is 203 Å². The molecule has 0 bridgehead atoms. The lowest BCUT2D eigenvalue weighted by molar-refractivity contribution is -0.140. The van der Waals surface area contributed by atoms with Crippen molar-refractivity contribution in [3.05, 3.63) is 59.0 Å². The first-order valence-corrected chi connectivity index (χ1v) is 12.6. The number of hydrogen-bond donors (Lipinski definition) is 1. The molecule has 184 valence electrons. The van der Waals surface area contributed by atoms with Crippen molar-refractivity contribution in [1.82, 2.24) is 15.2 Å². The lowest BCUT2D eigenvalue weighted by Crippen LogP contribution is -2.48. The highest BCUT2D eigenvalue weighted by atomic mass is 19.1. The summed E-state index contributed by atoms with van der Waals surface area (Å²) >= 11 is 0. The molecule has 1 aliphatic heterocycles. The average Bonchev–Trinajstić information content (AvgIpc) is 3.26. The minimum absolute atomic E-state index is 0.0275. The van der Waals surface area contributed by atoms with E-state index in [1.54, 1.807) is 13.2 Å². The Morgan fingerprint density at radius 1 is 1.15 bits per heavy atom. The van der Waals surface area contributed by atoms with Crippen molar-refractivity contribution in [2.45, 2.75) is 89.9 Å². The second kappa shape index (κ2) is 10.4. The van der Waals surface area contributed by atoms with Crippen LogP contribution in [0.1, 0.15) is 88.4 Å². The maximum Gasteiger partial charge on any atom is 0.227 e. The molecule has 6 heteroatoms. The second-order valence-electron chi connectivity index (χ2n) is 10.7. The highest BCUT2D eigenvalue weighted by molar-refractivity contribution is 5.80. The van der Waals surface area contributed by atoms with Crippen LogP contribution in [0.25, 0.3) is 0 Å². The van der Waals surface area contributed by atoms with E-state index in [0.717, 1.165) is 49.7 Å². The summed E-state index contributed by atoms with van der Waals surface area (Å²) in [5, 5.41) is 3.60. The summed E-state index contributed by atoms with van der Waals surface area (Å²) in [6, 6.07) is 8.77. The van der Waals surface area contributed by atoms with Crippen molar-refractivity contribution in [3.63, 3.8) is 0 Å². The van der Waals surface area contributed by atoms with Gasteiger partial charge in [0.2, 0.25) is 11.8 Å². The number of amides is 1. The molecule has 2 unspecified atom stereocenters. The van der Waals surface area contributed by atoms with Gasteiger partial charge in [0.1, 0.15) is 5.82 Å². The Balaban J connectivity index is 1.59. The molecule has 1 aromatic heterocycles. The Hall–Kier alpha value is -2.47. The maximum absolute atomic E-state index is 14.8. The van der Waals surface area contributed by atoms with Crippen LogP contribution in [0.5, 0.6) is 5.88 Å². The molecule has 1 saturated carbocycles. The summed E-state index contributed by atoms with van der Waals surface area (Å²) in [4.78, 5) is 20.2. The van der Waals surface area contributed by atoms with Gasteiger partial charge < -0.3 is 9.64 Å². The zero-order chi connectivity index (χ0) is 24.3. The van der Waals surface area contributed by atoms with Crippen LogP contribution in [0, 0.1) is 11.7 Å². The molecule has 2 heterocycles. The standard InChI is InChI=1S/C28H38FN3O2/c1-28(2,3)21-16-20(26(34-4)31-18-21)17-30-25-15-14-24(22-12-8-9-13-23(22)29)32(25)27(33)19-10-6-5-7-11-19/h8-9,12-13,16,18-19,24-25,30H,5-7,10-11,14-15,17H2,1-4H3. The van der Waals surface area contributed by atoms with E-state index >= 15 is 0 Å². The van der Waals surface area contributed by atoms with Crippen molar-refractivity contribution in [2.24, 2.45) is 5.92 Å². The Morgan fingerprint density at radius 2 is 1.88 bits per heavy atom. The van der Waals surface area contributed by atoms with Crippen molar-refractivity contribution in [1.29, 1.82) is 0 Å². The third kappa shape index (κ3) is 5.27. The summed E-state index contributed by atoms with van der Waals surface area (Å²) in [5.41, 5.74) is 2.69. The molecule has 2 aliphatic rings. The third-order valence-corrected chi connectivity index (χ3v) is 7.37. The van der Waals surface area contributed by atoms with Crippen LogP contribution in [0.15, 0.2) is 36.5 Å². The van der Waals surface area contributed by atoms with E-state index in [1.807, 2.05) is 23.2 Å². The number of likely N-dealkylation sites (tertiary alicyclic amines) is 1. The fraction of sp³-hybridized carbons (Fsp3) is 0.571. The van der Waals surface area contributed by atoms with E-state index in [1.165, 1.54) is 12.5 Å². The van der Waals surface area contributed by atoms with Gasteiger partial charge in [0, 0.05) is 29.8 Å². The molecule has 4 rings (SSSR count). The number of nitrogens with one attached hydrogen (secondary N) is 1. The molecular formula is C28H38FN3O2. The molecule has 0 radical (unpaired) electrons. The second-order valence-corrected chi connectivity index (χ2v) is 10.7. The topological polar surface area (TPSA) is 54.5 Å². The van der Waals surface area contributed by atoms with Crippen LogP contribution in [-0.4, -0.2) is 29.1 Å². The molecule has 0 spiro atoms. The average molecular weight is 468 g/mol. The minimum atomic E-state index is -0.242. The number of methoxy groups -OCH3 is 1. The molecule has 5 nitrogen and oxygen atoms in total. The smallest absolute Gasteiger partial charge is 0.227 e. The van der Waals surface area contributed by atoms with E-state index in [4.69, 9.17) is 4.74 Å². The first kappa shape index (κ1) is 24.6. The lowest BCUT2D eigenvalue weighted by atomic mass is 9.87. The highest BCUT2D eigenvalue weighted by Crippen LogP contribution is 2.39. The monoisotopic (exact) mass is 467 g/mol. The lowest BCUT2D eigenvalue weighted by Gasteiger charge is -2.35. The predicted octanol–water partition coefficient (Wildman–Crippen LogP) is 5.89. The number of pyridine rings is 1.